The molecule has 0 aromatic heterocycles. The van der Waals surface area contributed by atoms with Crippen molar-refractivity contribution in [1.29, 1.82) is 0 Å². The zero-order valence-electron chi connectivity index (χ0n) is 15.9. The van der Waals surface area contributed by atoms with Crippen molar-refractivity contribution in [2.45, 2.75) is 33.6 Å². The Kier molecular flexibility index (Phi) is 5.40. The molecule has 0 atom stereocenters. The lowest BCUT2D eigenvalue weighted by Crippen LogP contribution is -2.24. The summed E-state index contributed by atoms with van der Waals surface area (Å²) < 4.78 is 5.26. The van der Waals surface area contributed by atoms with Crippen LogP contribution in [0, 0.1) is 20.8 Å². The minimum Gasteiger partial charge on any atom is -0.454 e. The molecule has 3 rings (SSSR count). The van der Waals surface area contributed by atoms with E-state index in [0.29, 0.717) is 29.8 Å². The van der Waals surface area contributed by atoms with E-state index in [-0.39, 0.29) is 18.3 Å². The zero-order valence-corrected chi connectivity index (χ0v) is 15.9. The van der Waals surface area contributed by atoms with Gasteiger partial charge in [0.25, 0.3) is 0 Å². The topological polar surface area (TPSA) is 63.7 Å². The number of hydrogen-bond acceptors (Lipinski definition) is 4. The first kappa shape index (κ1) is 18.8. The Morgan fingerprint density at radius 3 is 2.41 bits per heavy atom. The number of carbonyl (C=O) groups excluding carboxylic acids is 3. The van der Waals surface area contributed by atoms with Crippen LogP contribution in [0.4, 0.5) is 5.69 Å². The molecule has 5 heteroatoms. The van der Waals surface area contributed by atoms with Gasteiger partial charge >= 0.3 is 5.97 Å². The van der Waals surface area contributed by atoms with Crippen LogP contribution >= 0.6 is 0 Å². The summed E-state index contributed by atoms with van der Waals surface area (Å²) in [6, 6.07) is 10.7. The molecule has 2 aromatic rings. The number of anilines is 1. The first-order valence-electron chi connectivity index (χ1n) is 9.05. The maximum Gasteiger partial charge on any atom is 0.339 e. The van der Waals surface area contributed by atoms with Crippen molar-refractivity contribution in [3.63, 3.8) is 0 Å². The molecule has 1 fully saturated rings. The highest BCUT2D eigenvalue weighted by Crippen LogP contribution is 2.23. The molecular formula is C22H23NO4. The van der Waals surface area contributed by atoms with E-state index in [9.17, 15) is 14.4 Å². The molecule has 1 heterocycles. The van der Waals surface area contributed by atoms with E-state index in [1.807, 2.05) is 39.0 Å². The van der Waals surface area contributed by atoms with Crippen molar-refractivity contribution in [3.8, 4) is 0 Å². The third-order valence-electron chi connectivity index (χ3n) is 4.77. The van der Waals surface area contributed by atoms with Crippen molar-refractivity contribution in [2.75, 3.05) is 18.1 Å². The number of ketones is 1. The number of hydrogen-bond donors (Lipinski definition) is 0. The molecular weight excluding hydrogens is 342 g/mol. The van der Waals surface area contributed by atoms with E-state index >= 15 is 0 Å². The average Bonchev–Trinajstić information content (AvgIpc) is 3.05. The third kappa shape index (κ3) is 4.08. The molecule has 27 heavy (non-hydrogen) atoms. The van der Waals surface area contributed by atoms with Crippen molar-refractivity contribution >= 4 is 23.3 Å². The summed E-state index contributed by atoms with van der Waals surface area (Å²) in [5.74, 6) is -0.722. The normalized spacial score (nSPS) is 13.7. The lowest BCUT2D eigenvalue weighted by molar-refractivity contribution is -0.117. The molecule has 1 amide bonds. The van der Waals surface area contributed by atoms with Crippen LogP contribution in [0.1, 0.15) is 50.2 Å². The number of aryl methyl sites for hydroxylation is 3. The number of ether oxygens (including phenoxy) is 1. The summed E-state index contributed by atoms with van der Waals surface area (Å²) in [6.07, 6.45) is 1.36. The van der Waals surface area contributed by atoms with E-state index in [1.165, 1.54) is 0 Å². The van der Waals surface area contributed by atoms with Gasteiger partial charge in [0, 0.05) is 24.2 Å². The van der Waals surface area contributed by atoms with Crippen LogP contribution in [0.15, 0.2) is 36.4 Å². The van der Waals surface area contributed by atoms with Gasteiger partial charge in [-0.05, 0) is 50.5 Å². The molecule has 0 radical (unpaired) electrons. The Balaban J connectivity index is 1.69. The summed E-state index contributed by atoms with van der Waals surface area (Å²) in [5.41, 5.74) is 4.38. The predicted molar refractivity (Wildman–Crippen MR) is 103 cm³/mol. The SMILES string of the molecule is Cc1cc(C)c(C(=O)OCC(=O)c2cccc(N3CCCC3=O)c2)c(C)c1. The Hall–Kier alpha value is -2.95. The predicted octanol–water partition coefficient (Wildman–Crippen LogP) is 3.78. The molecule has 0 N–H and O–H groups in total. The molecule has 1 saturated heterocycles. The second kappa shape index (κ2) is 7.74. The maximum absolute atomic E-state index is 12.5. The number of rotatable bonds is 5. The van der Waals surface area contributed by atoms with Gasteiger partial charge in [0.1, 0.15) is 0 Å². The van der Waals surface area contributed by atoms with E-state index in [2.05, 4.69) is 0 Å². The molecule has 5 nitrogen and oxygen atoms in total. The number of benzene rings is 2. The molecule has 0 spiro atoms. The summed E-state index contributed by atoms with van der Waals surface area (Å²) in [5, 5.41) is 0. The minimum atomic E-state index is -0.496. The van der Waals surface area contributed by atoms with Crippen LogP contribution in [-0.4, -0.2) is 30.8 Å². The molecule has 0 unspecified atom stereocenters. The molecule has 2 aromatic carbocycles. The standard InChI is InChI=1S/C22H23NO4/c1-14-10-15(2)21(16(3)11-14)22(26)27-13-19(24)17-6-4-7-18(12-17)23-9-5-8-20(23)25/h4,6-7,10-12H,5,8-9,13H2,1-3H3. The van der Waals surface area contributed by atoms with Crippen molar-refractivity contribution < 1.29 is 19.1 Å². The van der Waals surface area contributed by atoms with Crippen LogP contribution < -0.4 is 4.90 Å². The van der Waals surface area contributed by atoms with Crippen LogP contribution in [0.2, 0.25) is 0 Å². The largest absolute Gasteiger partial charge is 0.454 e. The summed E-state index contributed by atoms with van der Waals surface area (Å²) in [7, 11) is 0. The number of nitrogens with zero attached hydrogens (tertiary/aromatic N) is 1. The van der Waals surface area contributed by atoms with Crippen molar-refractivity contribution in [3.05, 3.63) is 64.2 Å². The van der Waals surface area contributed by atoms with Crippen LogP contribution in [0.25, 0.3) is 0 Å². The van der Waals surface area contributed by atoms with Gasteiger partial charge in [-0.1, -0.05) is 29.8 Å². The number of esters is 1. The van der Waals surface area contributed by atoms with Gasteiger partial charge < -0.3 is 9.64 Å². The molecule has 0 aliphatic carbocycles. The van der Waals surface area contributed by atoms with Gasteiger partial charge in [0.15, 0.2) is 12.4 Å². The first-order chi connectivity index (χ1) is 12.9. The Morgan fingerprint density at radius 1 is 1.07 bits per heavy atom. The van der Waals surface area contributed by atoms with Crippen LogP contribution in [0.5, 0.6) is 0 Å². The molecule has 1 aliphatic rings. The molecule has 140 valence electrons. The van der Waals surface area contributed by atoms with Crippen molar-refractivity contribution in [1.82, 2.24) is 0 Å². The Bertz CT molecular complexity index is 893. The van der Waals surface area contributed by atoms with E-state index in [4.69, 9.17) is 4.74 Å². The maximum atomic E-state index is 12.5. The van der Waals surface area contributed by atoms with Gasteiger partial charge in [0.2, 0.25) is 5.91 Å². The molecule has 0 saturated carbocycles. The highest BCUT2D eigenvalue weighted by molar-refractivity contribution is 6.02. The molecule has 1 aliphatic heterocycles. The first-order valence-corrected chi connectivity index (χ1v) is 9.05. The van der Waals surface area contributed by atoms with E-state index < -0.39 is 5.97 Å². The van der Waals surface area contributed by atoms with Crippen LogP contribution in [-0.2, 0) is 9.53 Å². The summed E-state index contributed by atoms with van der Waals surface area (Å²) in [4.78, 5) is 38.5. The van der Waals surface area contributed by atoms with Gasteiger partial charge in [-0.25, -0.2) is 4.79 Å². The van der Waals surface area contributed by atoms with Gasteiger partial charge in [-0.2, -0.15) is 0 Å². The van der Waals surface area contributed by atoms with Gasteiger partial charge in [-0.3, -0.25) is 9.59 Å². The highest BCUT2D eigenvalue weighted by atomic mass is 16.5. The number of Topliss-reactive ketones (excluding diaryl/α,β-unsaturated/α-hetero) is 1. The smallest absolute Gasteiger partial charge is 0.339 e. The lowest BCUT2D eigenvalue weighted by Gasteiger charge is -2.16. The van der Waals surface area contributed by atoms with Crippen molar-refractivity contribution in [2.24, 2.45) is 0 Å². The Morgan fingerprint density at radius 2 is 1.78 bits per heavy atom. The van der Waals surface area contributed by atoms with E-state index in [1.54, 1.807) is 23.1 Å². The second-order valence-electron chi connectivity index (χ2n) is 6.97. The Labute approximate surface area is 158 Å². The lowest BCUT2D eigenvalue weighted by atomic mass is 10.00. The average molecular weight is 365 g/mol. The van der Waals surface area contributed by atoms with Gasteiger partial charge in [0.05, 0.1) is 5.56 Å². The fraction of sp³-hybridized carbons (Fsp3) is 0.318. The molecule has 0 bridgehead atoms. The highest BCUT2D eigenvalue weighted by Gasteiger charge is 2.22. The second-order valence-corrected chi connectivity index (χ2v) is 6.97. The zero-order chi connectivity index (χ0) is 19.6. The fourth-order valence-electron chi connectivity index (χ4n) is 3.56. The minimum absolute atomic E-state index is 0.0661. The quantitative estimate of drug-likeness (QED) is 0.597. The van der Waals surface area contributed by atoms with E-state index in [0.717, 1.165) is 23.1 Å². The monoisotopic (exact) mass is 365 g/mol. The van der Waals surface area contributed by atoms with Crippen LogP contribution in [0.3, 0.4) is 0 Å². The van der Waals surface area contributed by atoms with Gasteiger partial charge in [-0.15, -0.1) is 0 Å². The third-order valence-corrected chi connectivity index (χ3v) is 4.77. The fourth-order valence-corrected chi connectivity index (χ4v) is 3.56. The number of amides is 1. The summed E-state index contributed by atoms with van der Waals surface area (Å²) in [6.45, 7) is 6.01. The number of carbonyl (C=O) groups is 3. The summed E-state index contributed by atoms with van der Waals surface area (Å²) >= 11 is 0.